The minimum Gasteiger partial charge on any atom is -0.166 e. The molecule has 234 valence electrons. The third kappa shape index (κ3) is 6.84. The summed E-state index contributed by atoms with van der Waals surface area (Å²) in [5.74, 6) is 0. The third-order valence-electron chi connectivity index (χ3n) is 5.99. The zero-order chi connectivity index (χ0) is 33.1. The van der Waals surface area contributed by atoms with Crippen LogP contribution >= 0.6 is 0 Å². The van der Waals surface area contributed by atoms with Gasteiger partial charge in [-0.25, -0.2) is 0 Å². The van der Waals surface area contributed by atoms with Crippen molar-refractivity contribution in [2.45, 2.75) is 37.1 Å². The quantitative estimate of drug-likeness (QED) is 0.198. The summed E-state index contributed by atoms with van der Waals surface area (Å²) >= 11 is 0. The lowest BCUT2D eigenvalue weighted by Crippen LogP contribution is -2.58. The van der Waals surface area contributed by atoms with Crippen LogP contribution in [0.3, 0.4) is 0 Å². The van der Waals surface area contributed by atoms with Gasteiger partial charge in [-0.2, -0.15) is 79.0 Å². The van der Waals surface area contributed by atoms with Crippen molar-refractivity contribution in [3.63, 3.8) is 0 Å². The Hall–Kier alpha value is -3.54. The van der Waals surface area contributed by atoms with E-state index in [1.165, 1.54) is 0 Å². The molecule has 0 atom stereocenters. The van der Waals surface area contributed by atoms with Crippen molar-refractivity contribution < 1.29 is 79.0 Å². The number of hydrogen-bond acceptors (Lipinski definition) is 0. The van der Waals surface area contributed by atoms with Crippen molar-refractivity contribution in [1.29, 1.82) is 0 Å². The minimum absolute atomic E-state index is 0.0659. The van der Waals surface area contributed by atoms with Gasteiger partial charge in [-0.05, 0) is 18.2 Å². The lowest BCUT2D eigenvalue weighted by atomic mass is 9.34. The van der Waals surface area contributed by atoms with E-state index in [9.17, 15) is 79.0 Å². The summed E-state index contributed by atoms with van der Waals surface area (Å²) < 4.78 is 250. The highest BCUT2D eigenvalue weighted by Crippen LogP contribution is 2.43. The Kier molecular flexibility index (Phi) is 8.35. The van der Waals surface area contributed by atoms with Gasteiger partial charge >= 0.3 is 37.1 Å². The molecule has 0 saturated heterocycles. The van der Waals surface area contributed by atoms with E-state index in [2.05, 4.69) is 0 Å². The van der Waals surface area contributed by atoms with Gasteiger partial charge in [0.1, 0.15) is 0 Å². The van der Waals surface area contributed by atoms with Crippen LogP contribution < -0.4 is 16.4 Å². The van der Waals surface area contributed by atoms with E-state index in [0.717, 1.165) is 0 Å². The minimum atomic E-state index is -6.25. The summed E-state index contributed by atoms with van der Waals surface area (Å²) in [5, 5.41) is 0. The predicted octanol–water partition coefficient (Wildman–Crippen LogP) is 8.32. The summed E-state index contributed by atoms with van der Waals surface area (Å²) in [7, 11) is 0. The summed E-state index contributed by atoms with van der Waals surface area (Å²) in [6, 6.07) is -0.700. The van der Waals surface area contributed by atoms with Gasteiger partial charge in [-0.3, -0.25) is 0 Å². The molecule has 0 radical (unpaired) electrons. The summed E-state index contributed by atoms with van der Waals surface area (Å²) in [6.07, 6.45) is -36.7. The van der Waals surface area contributed by atoms with E-state index in [1.807, 2.05) is 0 Å². The molecule has 3 aromatic rings. The Balaban J connectivity index is 2.76. The highest BCUT2D eigenvalue weighted by molar-refractivity contribution is 6.96. The second kappa shape index (κ2) is 10.6. The van der Waals surface area contributed by atoms with Crippen LogP contribution in [0.2, 0.25) is 0 Å². The Bertz CT molecular complexity index is 1300. The maximum absolute atomic E-state index is 14.1. The maximum Gasteiger partial charge on any atom is 0.416 e. The topological polar surface area (TPSA) is 0 Å². The lowest BCUT2D eigenvalue weighted by Gasteiger charge is -2.29. The molecule has 0 aromatic heterocycles. The number of halogens is 18. The fraction of sp³-hybridized carbons (Fsp3) is 0.250. The fourth-order valence-electron chi connectivity index (χ4n) is 4.59. The van der Waals surface area contributed by atoms with Gasteiger partial charge in [-0.1, -0.05) is 52.8 Å². The molecule has 0 nitrogen and oxygen atoms in total. The average Bonchev–Trinajstić information content (AvgIpc) is 2.80. The number of benzene rings is 3. The van der Waals surface area contributed by atoms with Crippen LogP contribution in [0.15, 0.2) is 54.6 Å². The van der Waals surface area contributed by atoms with Crippen LogP contribution in [0.1, 0.15) is 33.4 Å². The van der Waals surface area contributed by atoms with Gasteiger partial charge < -0.3 is 0 Å². The van der Waals surface area contributed by atoms with Gasteiger partial charge in [0.25, 0.3) is 0 Å². The smallest absolute Gasteiger partial charge is 0.166 e. The SMILES string of the molecule is FC(F)(F)c1cccc(B(c2cccc(C(F)(F)F)c2C(F)(F)F)c2cccc(C(F)(F)F)c2C(F)(F)F)c1C(F)(F)F. The van der Waals surface area contributed by atoms with Gasteiger partial charge in [0.05, 0.1) is 33.4 Å². The van der Waals surface area contributed by atoms with Crippen LogP contribution in [0.5, 0.6) is 0 Å². The van der Waals surface area contributed by atoms with Gasteiger partial charge in [0, 0.05) is 0 Å². The molecule has 0 aliphatic heterocycles. The first-order chi connectivity index (χ1) is 19.2. The predicted molar refractivity (Wildman–Crippen MR) is 114 cm³/mol. The van der Waals surface area contributed by atoms with Crippen molar-refractivity contribution in [2.24, 2.45) is 0 Å². The molecule has 0 aliphatic carbocycles. The normalized spacial score (nSPS) is 13.8. The van der Waals surface area contributed by atoms with Gasteiger partial charge in [0.15, 0.2) is 0 Å². The van der Waals surface area contributed by atoms with E-state index in [1.54, 1.807) is 0 Å². The van der Waals surface area contributed by atoms with Crippen LogP contribution in [0, 0.1) is 0 Å². The first-order valence-corrected chi connectivity index (χ1v) is 11.0. The molecule has 43 heavy (non-hydrogen) atoms. The number of hydrogen-bond donors (Lipinski definition) is 0. The van der Waals surface area contributed by atoms with Crippen LogP contribution in [0.4, 0.5) is 79.0 Å². The van der Waals surface area contributed by atoms with Gasteiger partial charge in [-0.15, -0.1) is 0 Å². The molecule has 0 heterocycles. The Morgan fingerprint density at radius 2 is 0.512 bits per heavy atom. The molecule has 0 saturated carbocycles. The number of rotatable bonds is 3. The van der Waals surface area contributed by atoms with Crippen molar-refractivity contribution in [2.75, 3.05) is 0 Å². The van der Waals surface area contributed by atoms with E-state index >= 15 is 0 Å². The van der Waals surface area contributed by atoms with Gasteiger partial charge in [0.2, 0.25) is 6.71 Å². The van der Waals surface area contributed by atoms with E-state index in [4.69, 9.17) is 0 Å². The molecule has 0 bridgehead atoms. The monoisotopic (exact) mass is 650 g/mol. The molecule has 3 aromatic carbocycles. The van der Waals surface area contributed by atoms with Crippen LogP contribution in [-0.2, 0) is 37.1 Å². The standard InChI is InChI=1S/C24H9BF18/c26-19(27,28)10-4-1-7-13(16(10)22(35,36)37)25(14-8-2-5-11(20(29,30)31)17(14)23(38,39)40)15-9-3-6-12(21(32,33)34)18(15)24(41,42)43/h1-9H. The van der Waals surface area contributed by atoms with E-state index in [0.29, 0.717) is 0 Å². The van der Waals surface area contributed by atoms with Crippen molar-refractivity contribution in [1.82, 2.24) is 0 Å². The fourth-order valence-corrected chi connectivity index (χ4v) is 4.59. The summed E-state index contributed by atoms with van der Waals surface area (Å²) in [5.41, 5.74) is -23.2. The Labute approximate surface area is 228 Å². The highest BCUT2D eigenvalue weighted by Gasteiger charge is 2.53. The zero-order valence-electron chi connectivity index (χ0n) is 20.1. The molecular formula is C24H9BF18. The second-order valence-electron chi connectivity index (χ2n) is 8.73. The molecular weight excluding hydrogens is 641 g/mol. The summed E-state index contributed by atoms with van der Waals surface area (Å²) in [6.45, 7) is -3.56. The van der Waals surface area contributed by atoms with E-state index < -0.39 is 93.5 Å². The largest absolute Gasteiger partial charge is 0.416 e. The number of alkyl halides is 18. The molecule has 0 amide bonds. The highest BCUT2D eigenvalue weighted by atomic mass is 19.4. The molecule has 0 unspecified atom stereocenters. The molecule has 0 fully saturated rings. The maximum atomic E-state index is 14.1. The first-order valence-electron chi connectivity index (χ1n) is 11.0. The molecule has 0 spiro atoms. The van der Waals surface area contributed by atoms with Crippen molar-refractivity contribution in [3.8, 4) is 0 Å². The molecule has 3 rings (SSSR count). The molecule has 19 heteroatoms. The van der Waals surface area contributed by atoms with Crippen molar-refractivity contribution in [3.05, 3.63) is 88.0 Å². The van der Waals surface area contributed by atoms with Crippen LogP contribution in [-0.4, -0.2) is 6.71 Å². The third-order valence-corrected chi connectivity index (χ3v) is 5.99. The zero-order valence-corrected chi connectivity index (χ0v) is 20.1. The average molecular weight is 650 g/mol. The first kappa shape index (κ1) is 34.0. The van der Waals surface area contributed by atoms with Crippen LogP contribution in [0.25, 0.3) is 0 Å². The van der Waals surface area contributed by atoms with Crippen molar-refractivity contribution >= 4 is 23.1 Å². The van der Waals surface area contributed by atoms with E-state index in [-0.39, 0.29) is 54.6 Å². The molecule has 0 N–H and O–H groups in total. The summed E-state index contributed by atoms with van der Waals surface area (Å²) in [4.78, 5) is 0. The Morgan fingerprint density at radius 3 is 0.674 bits per heavy atom. The second-order valence-corrected chi connectivity index (χ2v) is 8.73. The Morgan fingerprint density at radius 1 is 0.302 bits per heavy atom. The lowest BCUT2D eigenvalue weighted by molar-refractivity contribution is -0.161. The molecule has 0 aliphatic rings.